The molecule has 0 spiro atoms. The summed E-state index contributed by atoms with van der Waals surface area (Å²) in [6.07, 6.45) is -1.07. The number of amides is 1. The van der Waals surface area contributed by atoms with Crippen LogP contribution < -0.4 is 9.04 Å². The fraction of sp³-hybridized carbons (Fsp3) is 0.208. The zero-order valence-electron chi connectivity index (χ0n) is 17.9. The van der Waals surface area contributed by atoms with Crippen molar-refractivity contribution in [2.45, 2.75) is 19.3 Å². The van der Waals surface area contributed by atoms with Gasteiger partial charge in [0.2, 0.25) is 10.0 Å². The summed E-state index contributed by atoms with van der Waals surface area (Å²) < 4.78 is 37.0. The number of alkyl halides is 1. The van der Waals surface area contributed by atoms with Gasteiger partial charge < -0.3 is 14.6 Å². The van der Waals surface area contributed by atoms with Crippen LogP contribution in [0.3, 0.4) is 0 Å². The Kier molecular flexibility index (Phi) is 8.49. The van der Waals surface area contributed by atoms with E-state index in [1.165, 1.54) is 12.1 Å². The second-order valence-corrected chi connectivity index (χ2v) is 9.72. The zero-order chi connectivity index (χ0) is 23.8. The summed E-state index contributed by atoms with van der Waals surface area (Å²) in [6, 6.07) is 22.8. The molecule has 1 atom stereocenters. The highest BCUT2D eigenvalue weighted by molar-refractivity contribution is 9.09. The van der Waals surface area contributed by atoms with E-state index in [4.69, 9.17) is 9.47 Å². The zero-order valence-corrected chi connectivity index (χ0v) is 20.3. The fourth-order valence-electron chi connectivity index (χ4n) is 3.04. The van der Waals surface area contributed by atoms with Gasteiger partial charge in [0, 0.05) is 5.33 Å². The quantitative estimate of drug-likeness (QED) is 0.397. The van der Waals surface area contributed by atoms with Gasteiger partial charge in [0.05, 0.1) is 12.4 Å². The van der Waals surface area contributed by atoms with E-state index in [0.29, 0.717) is 15.4 Å². The largest absolute Gasteiger partial charge is 0.487 e. The summed E-state index contributed by atoms with van der Waals surface area (Å²) in [5.74, 6) is 0.159. The standard InChI is InChI=1S/C24H24BrNO6S/c1-33(29,30)26(24(28)32-17-19-10-6-3-7-11-19)21-14-20(22(27)15-25)12-13-23(21)31-16-18-8-4-2-5-9-18/h2-14,22,27H,15-17H2,1H3/t22-/m0/s1. The minimum atomic E-state index is -4.09. The van der Waals surface area contributed by atoms with E-state index >= 15 is 0 Å². The van der Waals surface area contributed by atoms with Gasteiger partial charge in [-0.15, -0.1) is 0 Å². The second-order valence-electron chi connectivity index (χ2n) is 7.24. The molecule has 0 bridgehead atoms. The minimum Gasteiger partial charge on any atom is -0.487 e. The molecule has 1 amide bonds. The van der Waals surface area contributed by atoms with E-state index in [-0.39, 0.29) is 30.0 Å². The first-order valence-electron chi connectivity index (χ1n) is 10.0. The predicted octanol–water partition coefficient (Wildman–Crippen LogP) is 4.80. The van der Waals surface area contributed by atoms with Crippen molar-refractivity contribution in [2.24, 2.45) is 0 Å². The number of hydrogen-bond donors (Lipinski definition) is 1. The summed E-state index contributed by atoms with van der Waals surface area (Å²) in [6.45, 7) is 0.0560. The Morgan fingerprint density at radius 1 is 0.970 bits per heavy atom. The van der Waals surface area contributed by atoms with Gasteiger partial charge in [-0.2, -0.15) is 4.31 Å². The second kappa shape index (κ2) is 11.3. The molecule has 0 aromatic heterocycles. The van der Waals surface area contributed by atoms with E-state index in [0.717, 1.165) is 11.8 Å². The van der Waals surface area contributed by atoms with Crippen LogP contribution in [0.25, 0.3) is 0 Å². The highest BCUT2D eigenvalue weighted by Crippen LogP contribution is 2.35. The maximum absolute atomic E-state index is 12.9. The van der Waals surface area contributed by atoms with Gasteiger partial charge in [0.25, 0.3) is 0 Å². The van der Waals surface area contributed by atoms with Gasteiger partial charge in [-0.3, -0.25) is 0 Å². The highest BCUT2D eigenvalue weighted by Gasteiger charge is 2.31. The Balaban J connectivity index is 1.96. The smallest absolute Gasteiger partial charge is 0.428 e. The maximum Gasteiger partial charge on any atom is 0.428 e. The molecule has 0 saturated heterocycles. The molecule has 0 aliphatic heterocycles. The highest BCUT2D eigenvalue weighted by atomic mass is 79.9. The van der Waals surface area contributed by atoms with Crippen molar-refractivity contribution in [1.82, 2.24) is 0 Å². The van der Waals surface area contributed by atoms with E-state index < -0.39 is 22.2 Å². The van der Waals surface area contributed by atoms with Crippen LogP contribution in [0.2, 0.25) is 0 Å². The van der Waals surface area contributed by atoms with Crippen molar-refractivity contribution in [3.05, 3.63) is 95.6 Å². The van der Waals surface area contributed by atoms with E-state index in [2.05, 4.69) is 15.9 Å². The summed E-state index contributed by atoms with van der Waals surface area (Å²) in [7, 11) is -4.09. The molecule has 0 aliphatic rings. The normalized spacial score (nSPS) is 12.1. The molecule has 0 aliphatic carbocycles. The Hall–Kier alpha value is -2.88. The summed E-state index contributed by atoms with van der Waals surface area (Å²) in [5.41, 5.74) is 1.95. The number of carbonyl (C=O) groups excluding carboxylic acids is 1. The third-order valence-electron chi connectivity index (χ3n) is 4.67. The SMILES string of the molecule is CS(=O)(=O)N(C(=O)OCc1ccccc1)c1cc([C@@H](O)CBr)ccc1OCc1ccccc1. The third-order valence-corrected chi connectivity index (χ3v) is 6.29. The molecule has 7 nitrogen and oxygen atoms in total. The van der Waals surface area contributed by atoms with Crippen molar-refractivity contribution >= 4 is 37.7 Å². The van der Waals surface area contributed by atoms with Gasteiger partial charge in [-0.05, 0) is 28.8 Å². The topological polar surface area (TPSA) is 93.1 Å². The lowest BCUT2D eigenvalue weighted by molar-refractivity contribution is 0.151. The van der Waals surface area contributed by atoms with Crippen LogP contribution in [0.5, 0.6) is 5.75 Å². The van der Waals surface area contributed by atoms with Gasteiger partial charge >= 0.3 is 6.09 Å². The maximum atomic E-state index is 12.9. The Bertz CT molecular complexity index is 1170. The molecular weight excluding hydrogens is 510 g/mol. The van der Waals surface area contributed by atoms with Crippen LogP contribution in [-0.2, 0) is 28.0 Å². The van der Waals surface area contributed by atoms with Gasteiger partial charge in [0.15, 0.2) is 0 Å². The first-order valence-corrected chi connectivity index (χ1v) is 13.0. The Morgan fingerprint density at radius 3 is 2.09 bits per heavy atom. The molecule has 3 aromatic rings. The van der Waals surface area contributed by atoms with Crippen molar-refractivity contribution in [3.8, 4) is 5.75 Å². The number of carbonyl (C=O) groups is 1. The van der Waals surface area contributed by atoms with Crippen LogP contribution in [0, 0.1) is 0 Å². The molecule has 0 unspecified atom stereocenters. The monoisotopic (exact) mass is 533 g/mol. The summed E-state index contributed by atoms with van der Waals surface area (Å²) >= 11 is 3.21. The molecule has 0 heterocycles. The van der Waals surface area contributed by atoms with Crippen LogP contribution in [-0.4, -0.2) is 31.2 Å². The lowest BCUT2D eigenvalue weighted by Gasteiger charge is -2.24. The first kappa shape index (κ1) is 24.8. The summed E-state index contributed by atoms with van der Waals surface area (Å²) in [4.78, 5) is 12.9. The number of benzene rings is 3. The van der Waals surface area contributed by atoms with E-state index in [9.17, 15) is 18.3 Å². The molecule has 174 valence electrons. The van der Waals surface area contributed by atoms with Crippen LogP contribution in [0.15, 0.2) is 78.9 Å². The fourth-order valence-corrected chi connectivity index (χ4v) is 4.23. The molecule has 33 heavy (non-hydrogen) atoms. The van der Waals surface area contributed by atoms with E-state index in [1.54, 1.807) is 30.3 Å². The molecule has 3 aromatic carbocycles. The number of aliphatic hydroxyl groups is 1. The molecule has 9 heteroatoms. The number of anilines is 1. The van der Waals surface area contributed by atoms with Crippen LogP contribution in [0.1, 0.15) is 22.8 Å². The van der Waals surface area contributed by atoms with Crippen molar-refractivity contribution in [1.29, 1.82) is 0 Å². The van der Waals surface area contributed by atoms with Gasteiger partial charge in [-0.1, -0.05) is 82.7 Å². The minimum absolute atomic E-state index is 0.0380. The molecule has 0 saturated carbocycles. The molecule has 0 radical (unpaired) electrons. The average molecular weight is 534 g/mol. The lowest BCUT2D eigenvalue weighted by atomic mass is 10.1. The third kappa shape index (κ3) is 6.80. The molecule has 0 fully saturated rings. The molecule has 1 N–H and O–H groups in total. The summed E-state index contributed by atoms with van der Waals surface area (Å²) in [5, 5.41) is 10.5. The first-order chi connectivity index (χ1) is 15.8. The Morgan fingerprint density at radius 2 is 1.55 bits per heavy atom. The molecule has 3 rings (SSSR count). The Labute approximate surface area is 201 Å². The number of sulfonamides is 1. The van der Waals surface area contributed by atoms with Crippen molar-refractivity contribution in [3.63, 3.8) is 0 Å². The lowest BCUT2D eigenvalue weighted by Crippen LogP contribution is -2.37. The van der Waals surface area contributed by atoms with Crippen molar-refractivity contribution < 1.29 is 27.8 Å². The number of nitrogens with zero attached hydrogens (tertiary/aromatic N) is 1. The van der Waals surface area contributed by atoms with Crippen LogP contribution >= 0.6 is 15.9 Å². The van der Waals surface area contributed by atoms with Gasteiger partial charge in [-0.25, -0.2) is 13.2 Å². The number of aliphatic hydroxyl groups excluding tert-OH is 1. The van der Waals surface area contributed by atoms with Crippen molar-refractivity contribution in [2.75, 3.05) is 15.9 Å². The average Bonchev–Trinajstić information content (AvgIpc) is 2.82. The van der Waals surface area contributed by atoms with Crippen LogP contribution in [0.4, 0.5) is 10.5 Å². The van der Waals surface area contributed by atoms with E-state index in [1.807, 2.05) is 36.4 Å². The number of rotatable bonds is 9. The number of hydrogen-bond acceptors (Lipinski definition) is 6. The predicted molar refractivity (Wildman–Crippen MR) is 130 cm³/mol. The number of ether oxygens (including phenoxy) is 2. The van der Waals surface area contributed by atoms with Gasteiger partial charge in [0.1, 0.15) is 24.7 Å². The number of halogens is 1. The molecular formula is C24H24BrNO6S.